The predicted octanol–water partition coefficient (Wildman–Crippen LogP) is 7.45. The van der Waals surface area contributed by atoms with Crippen LogP contribution in [0.4, 0.5) is 0 Å². The summed E-state index contributed by atoms with van der Waals surface area (Å²) in [7, 11) is 11.9. The fourth-order valence-electron chi connectivity index (χ4n) is 5.70. The van der Waals surface area contributed by atoms with E-state index in [9.17, 15) is 9.59 Å². The van der Waals surface area contributed by atoms with Gasteiger partial charge in [-0.3, -0.25) is 4.79 Å². The monoisotopic (exact) mass is 622 g/mol. The lowest BCUT2D eigenvalue weighted by molar-refractivity contribution is -0.867. The van der Waals surface area contributed by atoms with Crippen molar-refractivity contribution in [1.29, 1.82) is 0 Å². The number of carbonyl (C=O) groups excluding carboxylic acids is 2. The molecule has 0 saturated heterocycles. The Kier molecular flexibility index (Phi) is 9.07. The molecular weight excluding hydrogens is 583 g/mol. The first-order valence-electron chi connectivity index (χ1n) is 14.7. The molecule has 0 aliphatic carbocycles. The number of esters is 2. The van der Waals surface area contributed by atoms with Gasteiger partial charge in [-0.2, -0.15) is 0 Å². The quantitative estimate of drug-likeness (QED) is 0.0678. The minimum absolute atomic E-state index is 0.236. The lowest BCUT2D eigenvalue weighted by atomic mass is 9.77. The molecule has 5 rings (SSSR count). The minimum atomic E-state index is -1.19. The van der Waals surface area contributed by atoms with Crippen LogP contribution in [0.25, 0.3) is 0 Å². The summed E-state index contributed by atoms with van der Waals surface area (Å²) in [6.07, 6.45) is 2.12. The number of fused-ring (bicyclic) bond motifs is 6. The Hall–Kier alpha value is -3.14. The third-order valence-corrected chi connectivity index (χ3v) is 10.9. The van der Waals surface area contributed by atoms with Gasteiger partial charge in [0.2, 0.25) is 0 Å². The molecule has 1 spiro atoms. The van der Waals surface area contributed by atoms with Crippen molar-refractivity contribution >= 4 is 33.5 Å². The van der Waals surface area contributed by atoms with Gasteiger partial charge in [-0.05, 0) is 49.6 Å². The van der Waals surface area contributed by atoms with Gasteiger partial charge >= 0.3 is 11.9 Å². The minimum Gasteiger partial charge on any atom is -0.497 e. The van der Waals surface area contributed by atoms with Crippen LogP contribution in [0.2, 0.25) is 0 Å². The van der Waals surface area contributed by atoms with Crippen molar-refractivity contribution < 1.29 is 33.0 Å². The number of carbonyl (C=O) groups is 2. The zero-order valence-electron chi connectivity index (χ0n) is 25.7. The highest BCUT2D eigenvalue weighted by Crippen LogP contribution is 2.57. The van der Waals surface area contributed by atoms with Crippen molar-refractivity contribution in [3.05, 3.63) is 82.9 Å². The van der Waals surface area contributed by atoms with Crippen LogP contribution < -0.4 is 14.2 Å². The summed E-state index contributed by atoms with van der Waals surface area (Å²) in [5, 5.41) is 0. The molecule has 2 heterocycles. The average Bonchev–Trinajstić information content (AvgIpc) is 3.28. The molecule has 7 nitrogen and oxygen atoms in total. The van der Waals surface area contributed by atoms with Gasteiger partial charge in [-0.25, -0.2) is 4.79 Å². The van der Waals surface area contributed by atoms with E-state index >= 15 is 0 Å². The molecule has 0 amide bonds. The summed E-state index contributed by atoms with van der Waals surface area (Å²) in [5.41, 5.74) is 0.860. The molecule has 1 unspecified atom stereocenters. The topological polar surface area (TPSA) is 71.1 Å². The van der Waals surface area contributed by atoms with E-state index in [1.807, 2.05) is 58.0 Å². The molecule has 2 aliphatic rings. The molecule has 0 bridgehead atoms. The number of hydrogen-bond acceptors (Lipinski definition) is 8. The maximum Gasteiger partial charge on any atom is 0.340 e. The highest BCUT2D eigenvalue weighted by atomic mass is 33.1. The van der Waals surface area contributed by atoms with Crippen molar-refractivity contribution in [2.75, 3.05) is 46.3 Å². The Balaban J connectivity index is 1.41. The second-order valence-electron chi connectivity index (χ2n) is 12.0. The van der Waals surface area contributed by atoms with Crippen LogP contribution in [0, 0.1) is 5.41 Å². The van der Waals surface area contributed by atoms with Crippen molar-refractivity contribution in [3.63, 3.8) is 0 Å². The number of nitrogens with zero attached hydrogens (tertiary/aromatic N) is 1. The summed E-state index contributed by atoms with van der Waals surface area (Å²) in [6.45, 7) is 5.20. The summed E-state index contributed by atoms with van der Waals surface area (Å²) >= 11 is 0. The largest absolute Gasteiger partial charge is 0.497 e. The van der Waals surface area contributed by atoms with Crippen LogP contribution in [-0.4, -0.2) is 62.7 Å². The fraction of sp³-hybridized carbons (Fsp3) is 0.412. The molecule has 2 aliphatic heterocycles. The Morgan fingerprint density at radius 2 is 1.51 bits per heavy atom. The van der Waals surface area contributed by atoms with Crippen LogP contribution in [0.1, 0.15) is 60.2 Å². The lowest BCUT2D eigenvalue weighted by Gasteiger charge is -2.36. The summed E-state index contributed by atoms with van der Waals surface area (Å²) in [5.74, 6) is 3.27. The number of methoxy groups -OCH3 is 1. The van der Waals surface area contributed by atoms with Crippen molar-refractivity contribution in [3.8, 4) is 23.0 Å². The second kappa shape index (κ2) is 12.5. The first-order chi connectivity index (χ1) is 20.6. The molecule has 0 radical (unpaired) electrons. The molecule has 43 heavy (non-hydrogen) atoms. The van der Waals surface area contributed by atoms with Gasteiger partial charge in [-0.1, -0.05) is 53.6 Å². The summed E-state index contributed by atoms with van der Waals surface area (Å²) in [4.78, 5) is 26.8. The van der Waals surface area contributed by atoms with E-state index in [-0.39, 0.29) is 5.97 Å². The van der Waals surface area contributed by atoms with E-state index in [0.29, 0.717) is 52.5 Å². The first-order valence-corrected chi connectivity index (χ1v) is 17.2. The lowest BCUT2D eigenvalue weighted by Crippen LogP contribution is -2.36. The molecule has 0 N–H and O–H groups in total. The molecule has 3 aromatic carbocycles. The molecule has 3 aromatic rings. The number of hydrogen-bond donors (Lipinski definition) is 0. The van der Waals surface area contributed by atoms with Crippen LogP contribution >= 0.6 is 21.6 Å². The molecule has 9 heteroatoms. The second-order valence-corrected chi connectivity index (χ2v) is 14.7. The van der Waals surface area contributed by atoms with Crippen molar-refractivity contribution in [1.82, 2.24) is 0 Å². The van der Waals surface area contributed by atoms with Crippen molar-refractivity contribution in [2.24, 2.45) is 5.41 Å². The van der Waals surface area contributed by atoms with E-state index in [0.717, 1.165) is 34.5 Å². The molecular formula is C34H40NO6S2+. The highest BCUT2D eigenvalue weighted by Gasteiger charge is 2.53. The van der Waals surface area contributed by atoms with Gasteiger partial charge in [0.1, 0.15) is 23.0 Å². The summed E-state index contributed by atoms with van der Waals surface area (Å²) in [6, 6.07) is 18.2. The molecule has 0 saturated carbocycles. The Morgan fingerprint density at radius 3 is 2.16 bits per heavy atom. The normalized spacial score (nSPS) is 17.0. The van der Waals surface area contributed by atoms with Crippen molar-refractivity contribution in [2.45, 2.75) is 38.7 Å². The molecule has 0 fully saturated rings. The number of quaternary nitrogens is 1. The van der Waals surface area contributed by atoms with E-state index in [1.54, 1.807) is 31.4 Å². The standard InChI is InChI=1S/C34H40NO6S2/c1-7-33(8-2,17-19-42-43-20-18-35(3,4)5)32(37)39-24-14-16-28-30(22-24)40-29-21-23(38-6)13-15-27(29)34(28)26-12-10-9-11-25(26)31(36)41-34/h9-16,21-22H,7-8,17-20H2,1-6H3/q+1. The third-order valence-electron chi connectivity index (χ3n) is 8.48. The third kappa shape index (κ3) is 5.99. The zero-order chi connectivity index (χ0) is 30.8. The van der Waals surface area contributed by atoms with Gasteiger partial charge in [0.15, 0.2) is 5.60 Å². The maximum atomic E-state index is 13.7. The van der Waals surface area contributed by atoms with Gasteiger partial charge in [0.25, 0.3) is 0 Å². The summed E-state index contributed by atoms with van der Waals surface area (Å²) < 4.78 is 25.0. The van der Waals surface area contributed by atoms with Crippen LogP contribution in [0.3, 0.4) is 0 Å². The van der Waals surface area contributed by atoms with E-state index in [4.69, 9.17) is 18.9 Å². The zero-order valence-corrected chi connectivity index (χ0v) is 27.4. The van der Waals surface area contributed by atoms with Gasteiger partial charge in [-0.15, -0.1) is 0 Å². The Labute approximate surface area is 262 Å². The number of rotatable bonds is 12. The average molecular weight is 623 g/mol. The number of ether oxygens (including phenoxy) is 4. The number of benzene rings is 3. The Bertz CT molecular complexity index is 1510. The predicted molar refractivity (Wildman–Crippen MR) is 172 cm³/mol. The highest BCUT2D eigenvalue weighted by molar-refractivity contribution is 8.76. The van der Waals surface area contributed by atoms with E-state index in [1.165, 1.54) is 0 Å². The smallest absolute Gasteiger partial charge is 0.340 e. The van der Waals surface area contributed by atoms with Gasteiger partial charge in [0, 0.05) is 34.6 Å². The maximum absolute atomic E-state index is 13.7. The molecule has 1 atom stereocenters. The Morgan fingerprint density at radius 1 is 0.884 bits per heavy atom. The SMILES string of the molecule is CCC(CC)(CCSSCC[N+](C)(C)C)C(=O)Oc1ccc2c(c1)Oc1cc(OC)ccc1C21OC(=O)c2ccccc21. The van der Waals surface area contributed by atoms with Crippen LogP contribution in [0.15, 0.2) is 60.7 Å². The van der Waals surface area contributed by atoms with E-state index in [2.05, 4.69) is 35.0 Å². The van der Waals surface area contributed by atoms with Crippen LogP contribution in [-0.2, 0) is 15.1 Å². The van der Waals surface area contributed by atoms with Crippen LogP contribution in [0.5, 0.6) is 23.0 Å². The van der Waals surface area contributed by atoms with Gasteiger partial charge in [0.05, 0.1) is 51.5 Å². The first kappa shape index (κ1) is 31.3. The van der Waals surface area contributed by atoms with Gasteiger partial charge < -0.3 is 23.4 Å². The van der Waals surface area contributed by atoms with E-state index < -0.39 is 17.0 Å². The molecule has 0 aromatic heterocycles. The fourth-order valence-corrected chi connectivity index (χ4v) is 8.22. The molecule has 228 valence electrons.